The highest BCUT2D eigenvalue weighted by atomic mass is 19.3. The number of ketones is 1. The highest BCUT2D eigenvalue weighted by Gasteiger charge is 2.42. The van der Waals surface area contributed by atoms with Crippen LogP contribution in [0.15, 0.2) is 0 Å². The van der Waals surface area contributed by atoms with Crippen molar-refractivity contribution in [3.8, 4) is 0 Å². The van der Waals surface area contributed by atoms with E-state index in [9.17, 15) is 27.2 Å². The molecule has 4 nitrogen and oxygen atoms in total. The van der Waals surface area contributed by atoms with Crippen molar-refractivity contribution in [3.63, 3.8) is 0 Å². The predicted molar refractivity (Wildman–Crippen MR) is 52.6 cm³/mol. The zero-order valence-corrected chi connectivity index (χ0v) is 10.1. The summed E-state index contributed by atoms with van der Waals surface area (Å²) in [6.45, 7) is -0.0242. The summed E-state index contributed by atoms with van der Waals surface area (Å²) >= 11 is 0. The summed E-state index contributed by atoms with van der Waals surface area (Å²) < 4.78 is 57.0. The Morgan fingerprint density at radius 2 is 1.72 bits per heavy atom. The maximum Gasteiger partial charge on any atom is 0.330 e. The normalized spacial score (nSPS) is 12.7. The van der Waals surface area contributed by atoms with Gasteiger partial charge in [0.2, 0.25) is 0 Å². The van der Waals surface area contributed by atoms with Crippen LogP contribution in [0.1, 0.15) is 13.8 Å². The molecule has 18 heavy (non-hydrogen) atoms. The van der Waals surface area contributed by atoms with Gasteiger partial charge in [0.25, 0.3) is 0 Å². The van der Waals surface area contributed by atoms with Crippen molar-refractivity contribution >= 4 is 11.8 Å². The molecule has 0 aliphatic rings. The number of hydrogen-bond acceptors (Lipinski definition) is 4. The Hall–Kier alpha value is -1.18. The van der Waals surface area contributed by atoms with E-state index >= 15 is 0 Å². The molecule has 0 aromatic heterocycles. The first-order valence-corrected chi connectivity index (χ1v) is 4.91. The number of carbonyl (C=O) groups is 2. The Morgan fingerprint density at radius 3 is 2.11 bits per heavy atom. The minimum Gasteiger partial charge on any atom is -0.468 e. The van der Waals surface area contributed by atoms with Crippen molar-refractivity contribution in [2.45, 2.75) is 26.2 Å². The standard InChI is InChI=1S/C10H14F4O4/c1-9(2,8(16)17-3)6(15)4-18-5-10(13,14)7(11)12/h7H,4-5H2,1-3H3. The summed E-state index contributed by atoms with van der Waals surface area (Å²) in [5, 5.41) is 0. The number of ether oxygens (including phenoxy) is 2. The summed E-state index contributed by atoms with van der Waals surface area (Å²) in [6, 6.07) is 0. The number of rotatable bonds is 7. The second kappa shape index (κ2) is 6.12. The average Bonchev–Trinajstić information content (AvgIpc) is 2.27. The van der Waals surface area contributed by atoms with Crippen molar-refractivity contribution < 1.29 is 36.6 Å². The van der Waals surface area contributed by atoms with Crippen LogP contribution in [0.3, 0.4) is 0 Å². The molecule has 106 valence electrons. The minimum atomic E-state index is -4.32. The summed E-state index contributed by atoms with van der Waals surface area (Å²) in [6.07, 6.45) is -3.87. The lowest BCUT2D eigenvalue weighted by atomic mass is 9.88. The van der Waals surface area contributed by atoms with Crippen molar-refractivity contribution in [1.29, 1.82) is 0 Å². The van der Waals surface area contributed by atoms with Gasteiger partial charge in [-0.2, -0.15) is 8.78 Å². The molecule has 0 bridgehead atoms. The quantitative estimate of drug-likeness (QED) is 0.402. The Bertz CT molecular complexity index is 315. The molecule has 0 aliphatic carbocycles. The van der Waals surface area contributed by atoms with E-state index in [4.69, 9.17) is 0 Å². The van der Waals surface area contributed by atoms with Gasteiger partial charge >= 0.3 is 18.3 Å². The van der Waals surface area contributed by atoms with E-state index in [2.05, 4.69) is 9.47 Å². The molecule has 0 aliphatic heterocycles. The SMILES string of the molecule is COC(=O)C(C)(C)C(=O)COCC(F)(F)C(F)F. The van der Waals surface area contributed by atoms with Gasteiger partial charge in [-0.3, -0.25) is 9.59 Å². The largest absolute Gasteiger partial charge is 0.468 e. The number of esters is 1. The lowest BCUT2D eigenvalue weighted by molar-refractivity contribution is -0.172. The highest BCUT2D eigenvalue weighted by molar-refractivity contribution is 6.03. The Labute approximate surface area is 101 Å². The fourth-order valence-electron chi connectivity index (χ4n) is 0.892. The van der Waals surface area contributed by atoms with Gasteiger partial charge in [0.1, 0.15) is 18.6 Å². The minimum absolute atomic E-state index is 0.834. The molecule has 0 saturated carbocycles. The Kier molecular flexibility index (Phi) is 5.72. The summed E-state index contributed by atoms with van der Waals surface area (Å²) in [5.41, 5.74) is -1.57. The van der Waals surface area contributed by atoms with Crippen LogP contribution in [0.5, 0.6) is 0 Å². The molecule has 0 saturated heterocycles. The third-order valence-corrected chi connectivity index (χ3v) is 2.24. The second-order valence-electron chi connectivity index (χ2n) is 4.09. The number of Topliss-reactive ketones (excluding diaryl/α,β-unsaturated/α-hetero) is 1. The van der Waals surface area contributed by atoms with Crippen molar-refractivity contribution in [3.05, 3.63) is 0 Å². The van der Waals surface area contributed by atoms with Gasteiger partial charge in [-0.1, -0.05) is 0 Å². The van der Waals surface area contributed by atoms with Crippen LogP contribution in [0.25, 0.3) is 0 Å². The predicted octanol–water partition coefficient (Wildman–Crippen LogP) is 1.67. The van der Waals surface area contributed by atoms with E-state index in [1.54, 1.807) is 0 Å². The van der Waals surface area contributed by atoms with Crippen molar-refractivity contribution in [2.24, 2.45) is 5.41 Å². The molecule has 0 unspecified atom stereocenters. The first kappa shape index (κ1) is 16.8. The summed E-state index contributed by atoms with van der Waals surface area (Å²) in [4.78, 5) is 22.6. The van der Waals surface area contributed by atoms with Gasteiger partial charge in [-0.15, -0.1) is 0 Å². The topological polar surface area (TPSA) is 52.6 Å². The smallest absolute Gasteiger partial charge is 0.330 e. The van der Waals surface area contributed by atoms with Crippen LogP contribution in [0.4, 0.5) is 17.6 Å². The highest BCUT2D eigenvalue weighted by Crippen LogP contribution is 2.24. The molecular formula is C10H14F4O4. The zero-order chi connectivity index (χ0) is 14.6. The van der Waals surface area contributed by atoms with Gasteiger partial charge < -0.3 is 9.47 Å². The molecule has 0 atom stereocenters. The van der Waals surface area contributed by atoms with Crippen molar-refractivity contribution in [1.82, 2.24) is 0 Å². The van der Waals surface area contributed by atoms with Crippen LogP contribution >= 0.6 is 0 Å². The Morgan fingerprint density at radius 1 is 1.22 bits per heavy atom. The maximum atomic E-state index is 12.4. The lowest BCUT2D eigenvalue weighted by Gasteiger charge is -2.20. The number of methoxy groups -OCH3 is 1. The molecule has 0 radical (unpaired) electrons. The number of hydrogen-bond donors (Lipinski definition) is 0. The van der Waals surface area contributed by atoms with E-state index in [1.807, 2.05) is 0 Å². The van der Waals surface area contributed by atoms with E-state index in [1.165, 1.54) is 13.8 Å². The summed E-state index contributed by atoms with van der Waals surface area (Å²) in [7, 11) is 1.06. The van der Waals surface area contributed by atoms with E-state index in [0.717, 1.165) is 7.11 Å². The van der Waals surface area contributed by atoms with Crippen LogP contribution in [-0.4, -0.2) is 44.4 Å². The van der Waals surface area contributed by atoms with Gasteiger partial charge in [0, 0.05) is 0 Å². The summed E-state index contributed by atoms with van der Waals surface area (Å²) in [5.74, 6) is -6.02. The monoisotopic (exact) mass is 274 g/mol. The molecule has 0 aromatic carbocycles. The molecule has 0 aromatic rings. The van der Waals surface area contributed by atoms with E-state index < -0.39 is 42.7 Å². The first-order chi connectivity index (χ1) is 8.05. The van der Waals surface area contributed by atoms with E-state index in [0.29, 0.717) is 0 Å². The second-order valence-corrected chi connectivity index (χ2v) is 4.09. The third-order valence-electron chi connectivity index (χ3n) is 2.24. The molecule has 0 spiro atoms. The third kappa shape index (κ3) is 4.25. The average molecular weight is 274 g/mol. The molecule has 0 fully saturated rings. The van der Waals surface area contributed by atoms with Gasteiger partial charge in [-0.05, 0) is 13.8 Å². The fraction of sp³-hybridized carbons (Fsp3) is 0.800. The van der Waals surface area contributed by atoms with Crippen LogP contribution in [-0.2, 0) is 19.1 Å². The molecule has 8 heteroatoms. The maximum absolute atomic E-state index is 12.4. The van der Waals surface area contributed by atoms with Crippen molar-refractivity contribution in [2.75, 3.05) is 20.3 Å². The molecular weight excluding hydrogens is 260 g/mol. The molecule has 0 amide bonds. The van der Waals surface area contributed by atoms with Gasteiger partial charge in [0.05, 0.1) is 7.11 Å². The number of halogens is 4. The lowest BCUT2D eigenvalue weighted by Crippen LogP contribution is -2.39. The number of alkyl halides is 4. The van der Waals surface area contributed by atoms with Crippen LogP contribution in [0.2, 0.25) is 0 Å². The first-order valence-electron chi connectivity index (χ1n) is 4.91. The van der Waals surface area contributed by atoms with Gasteiger partial charge in [0.15, 0.2) is 5.78 Å². The Balaban J connectivity index is 4.32. The number of carbonyl (C=O) groups excluding carboxylic acids is 2. The zero-order valence-electron chi connectivity index (χ0n) is 10.1. The fourth-order valence-corrected chi connectivity index (χ4v) is 0.892. The molecule has 0 rings (SSSR count). The van der Waals surface area contributed by atoms with Crippen LogP contribution < -0.4 is 0 Å². The van der Waals surface area contributed by atoms with Gasteiger partial charge in [-0.25, -0.2) is 8.78 Å². The van der Waals surface area contributed by atoms with E-state index in [-0.39, 0.29) is 0 Å². The van der Waals surface area contributed by atoms with Crippen LogP contribution in [0, 0.1) is 5.41 Å². The molecule has 0 heterocycles. The molecule has 0 N–H and O–H groups in total.